The Kier molecular flexibility index (Phi) is 2.24. The van der Waals surface area contributed by atoms with Crippen LogP contribution in [0.4, 0.5) is 5.82 Å². The summed E-state index contributed by atoms with van der Waals surface area (Å²) in [6.07, 6.45) is 3.89. The number of carboxylic acids is 1. The summed E-state index contributed by atoms with van der Waals surface area (Å²) < 4.78 is 1.66. The SMILES string of the molecule is NC1(C(=O)O)CCN(c2ccn3nccc3n2)C1. The minimum absolute atomic E-state index is 0.277. The van der Waals surface area contributed by atoms with Gasteiger partial charge in [0.1, 0.15) is 11.4 Å². The molecule has 1 aliphatic heterocycles. The number of nitrogens with zero attached hydrogens (tertiary/aromatic N) is 4. The third kappa shape index (κ3) is 1.60. The summed E-state index contributed by atoms with van der Waals surface area (Å²) in [4.78, 5) is 17.4. The fraction of sp³-hybridized carbons (Fsp3) is 0.364. The zero-order valence-corrected chi connectivity index (χ0v) is 9.65. The van der Waals surface area contributed by atoms with Gasteiger partial charge in [-0.25, -0.2) is 9.50 Å². The summed E-state index contributed by atoms with van der Waals surface area (Å²) in [5.41, 5.74) is 5.40. The molecule has 2 aromatic heterocycles. The van der Waals surface area contributed by atoms with Crippen molar-refractivity contribution in [3.05, 3.63) is 24.5 Å². The average molecular weight is 247 g/mol. The molecule has 7 heteroatoms. The largest absolute Gasteiger partial charge is 0.480 e. The Morgan fingerprint density at radius 1 is 1.50 bits per heavy atom. The maximum absolute atomic E-state index is 11.1. The molecule has 1 aliphatic rings. The molecule has 0 amide bonds. The van der Waals surface area contributed by atoms with Crippen LogP contribution in [-0.2, 0) is 4.79 Å². The van der Waals surface area contributed by atoms with Crippen LogP contribution in [0.2, 0.25) is 0 Å². The summed E-state index contributed by atoms with van der Waals surface area (Å²) in [6.45, 7) is 0.875. The molecular formula is C11H13N5O2. The van der Waals surface area contributed by atoms with Crippen LogP contribution < -0.4 is 10.6 Å². The monoisotopic (exact) mass is 247 g/mol. The molecule has 1 unspecified atom stereocenters. The third-order valence-electron chi connectivity index (χ3n) is 3.29. The van der Waals surface area contributed by atoms with Gasteiger partial charge in [0, 0.05) is 25.4 Å². The van der Waals surface area contributed by atoms with Gasteiger partial charge in [-0.05, 0) is 12.5 Å². The van der Waals surface area contributed by atoms with E-state index >= 15 is 0 Å². The second kappa shape index (κ2) is 3.67. The standard InChI is InChI=1S/C11H13N5O2/c12-11(10(17)18)3-6-15(7-11)8-2-5-16-9(14-8)1-4-13-16/h1-2,4-5H,3,6-7,12H2,(H,17,18). The molecule has 1 saturated heterocycles. The molecule has 0 aromatic carbocycles. The van der Waals surface area contributed by atoms with Gasteiger partial charge in [0.2, 0.25) is 0 Å². The maximum atomic E-state index is 11.1. The van der Waals surface area contributed by atoms with Gasteiger partial charge in [0.05, 0.1) is 6.20 Å². The summed E-state index contributed by atoms with van der Waals surface area (Å²) in [5, 5.41) is 13.1. The number of aliphatic carboxylic acids is 1. The van der Waals surface area contributed by atoms with Crippen LogP contribution in [-0.4, -0.2) is 44.3 Å². The number of aromatic nitrogens is 3. The van der Waals surface area contributed by atoms with Crippen molar-refractivity contribution in [1.82, 2.24) is 14.6 Å². The molecule has 3 N–H and O–H groups in total. The van der Waals surface area contributed by atoms with Gasteiger partial charge in [-0.2, -0.15) is 5.10 Å². The fourth-order valence-electron chi connectivity index (χ4n) is 2.18. The molecule has 0 radical (unpaired) electrons. The van der Waals surface area contributed by atoms with Gasteiger partial charge in [-0.15, -0.1) is 0 Å². The minimum atomic E-state index is -1.17. The molecule has 1 fully saturated rings. The van der Waals surface area contributed by atoms with E-state index in [0.717, 1.165) is 11.5 Å². The van der Waals surface area contributed by atoms with Gasteiger partial charge >= 0.3 is 5.97 Å². The fourth-order valence-corrected chi connectivity index (χ4v) is 2.18. The summed E-state index contributed by atoms with van der Waals surface area (Å²) in [7, 11) is 0. The molecule has 18 heavy (non-hydrogen) atoms. The van der Waals surface area contributed by atoms with E-state index in [1.807, 2.05) is 11.0 Å². The van der Waals surface area contributed by atoms with E-state index in [-0.39, 0.29) is 6.54 Å². The molecule has 0 saturated carbocycles. The summed E-state index contributed by atoms with van der Waals surface area (Å²) in [5.74, 6) is -0.230. The lowest BCUT2D eigenvalue weighted by atomic mass is 10.0. The molecular weight excluding hydrogens is 234 g/mol. The van der Waals surface area contributed by atoms with Crippen LogP contribution in [0.1, 0.15) is 6.42 Å². The van der Waals surface area contributed by atoms with E-state index in [9.17, 15) is 4.79 Å². The number of carbonyl (C=O) groups is 1. The summed E-state index contributed by atoms with van der Waals surface area (Å²) in [6, 6.07) is 3.61. The van der Waals surface area contributed by atoms with Crippen molar-refractivity contribution in [2.75, 3.05) is 18.0 Å². The van der Waals surface area contributed by atoms with E-state index in [0.29, 0.717) is 13.0 Å². The lowest BCUT2D eigenvalue weighted by Crippen LogP contribution is -2.50. The summed E-state index contributed by atoms with van der Waals surface area (Å²) >= 11 is 0. The van der Waals surface area contributed by atoms with Crippen LogP contribution in [0.5, 0.6) is 0 Å². The molecule has 1 atom stereocenters. The van der Waals surface area contributed by atoms with Crippen LogP contribution in [0.25, 0.3) is 5.65 Å². The highest BCUT2D eigenvalue weighted by Crippen LogP contribution is 2.24. The number of hydrogen-bond acceptors (Lipinski definition) is 5. The van der Waals surface area contributed by atoms with Crippen LogP contribution in [0.15, 0.2) is 24.5 Å². The van der Waals surface area contributed by atoms with Crippen LogP contribution >= 0.6 is 0 Å². The van der Waals surface area contributed by atoms with Crippen LogP contribution in [0.3, 0.4) is 0 Å². The minimum Gasteiger partial charge on any atom is -0.480 e. The Morgan fingerprint density at radius 3 is 3.06 bits per heavy atom. The smallest absolute Gasteiger partial charge is 0.325 e. The van der Waals surface area contributed by atoms with E-state index < -0.39 is 11.5 Å². The predicted molar refractivity (Wildman–Crippen MR) is 64.4 cm³/mol. The second-order valence-electron chi connectivity index (χ2n) is 4.55. The van der Waals surface area contributed by atoms with Crippen molar-refractivity contribution in [3.63, 3.8) is 0 Å². The molecule has 94 valence electrons. The number of nitrogens with two attached hydrogens (primary N) is 1. The van der Waals surface area contributed by atoms with Gasteiger partial charge in [0.25, 0.3) is 0 Å². The Bertz CT molecular complexity index is 610. The highest BCUT2D eigenvalue weighted by molar-refractivity contribution is 5.80. The van der Waals surface area contributed by atoms with Crippen molar-refractivity contribution in [2.45, 2.75) is 12.0 Å². The van der Waals surface area contributed by atoms with E-state index in [1.54, 1.807) is 23.0 Å². The molecule has 3 heterocycles. The number of fused-ring (bicyclic) bond motifs is 1. The van der Waals surface area contributed by atoms with Crippen molar-refractivity contribution in [2.24, 2.45) is 5.73 Å². The van der Waals surface area contributed by atoms with Gasteiger partial charge in [0.15, 0.2) is 5.65 Å². The van der Waals surface area contributed by atoms with Gasteiger partial charge in [-0.3, -0.25) is 4.79 Å². The highest BCUT2D eigenvalue weighted by atomic mass is 16.4. The maximum Gasteiger partial charge on any atom is 0.325 e. The lowest BCUT2D eigenvalue weighted by Gasteiger charge is -2.20. The molecule has 0 aliphatic carbocycles. The highest BCUT2D eigenvalue weighted by Gasteiger charge is 2.41. The Labute approximate surface area is 103 Å². The Balaban J connectivity index is 1.90. The molecule has 7 nitrogen and oxygen atoms in total. The normalized spacial score (nSPS) is 23.7. The number of anilines is 1. The van der Waals surface area contributed by atoms with Crippen molar-refractivity contribution in [1.29, 1.82) is 0 Å². The molecule has 3 rings (SSSR count). The lowest BCUT2D eigenvalue weighted by molar-refractivity contribution is -0.142. The average Bonchev–Trinajstić information content (AvgIpc) is 2.95. The number of hydrogen-bond donors (Lipinski definition) is 2. The molecule has 0 spiro atoms. The topological polar surface area (TPSA) is 96.8 Å². The van der Waals surface area contributed by atoms with Crippen molar-refractivity contribution >= 4 is 17.4 Å². The number of rotatable bonds is 2. The second-order valence-corrected chi connectivity index (χ2v) is 4.55. The third-order valence-corrected chi connectivity index (χ3v) is 3.29. The van der Waals surface area contributed by atoms with E-state index in [2.05, 4.69) is 10.1 Å². The van der Waals surface area contributed by atoms with Crippen LogP contribution in [0, 0.1) is 0 Å². The quantitative estimate of drug-likeness (QED) is 0.757. The van der Waals surface area contributed by atoms with Gasteiger partial charge < -0.3 is 15.7 Å². The Hall–Kier alpha value is -2.15. The zero-order valence-electron chi connectivity index (χ0n) is 9.65. The molecule has 0 bridgehead atoms. The van der Waals surface area contributed by atoms with Crippen molar-refractivity contribution < 1.29 is 9.90 Å². The first-order chi connectivity index (χ1) is 8.58. The predicted octanol–water partition coefficient (Wildman–Crippen LogP) is -0.279. The molecule has 2 aromatic rings. The first kappa shape index (κ1) is 11.0. The van der Waals surface area contributed by atoms with Crippen molar-refractivity contribution in [3.8, 4) is 0 Å². The zero-order chi connectivity index (χ0) is 12.8. The number of carboxylic acid groups (broad SMARTS) is 1. The Morgan fingerprint density at radius 2 is 2.33 bits per heavy atom. The first-order valence-corrected chi connectivity index (χ1v) is 5.66. The van der Waals surface area contributed by atoms with E-state index in [4.69, 9.17) is 10.8 Å². The van der Waals surface area contributed by atoms with E-state index in [1.165, 1.54) is 0 Å². The van der Waals surface area contributed by atoms with Gasteiger partial charge in [-0.1, -0.05) is 0 Å². The first-order valence-electron chi connectivity index (χ1n) is 5.66.